The van der Waals surface area contributed by atoms with Gasteiger partial charge in [-0.1, -0.05) is 20.3 Å². The van der Waals surface area contributed by atoms with E-state index in [1.165, 1.54) is 0 Å². The normalized spacial score (nSPS) is 27.8. The van der Waals surface area contributed by atoms with Crippen molar-refractivity contribution in [1.82, 2.24) is 10.6 Å². The van der Waals surface area contributed by atoms with Crippen LogP contribution in [-0.2, 0) is 4.79 Å². The summed E-state index contributed by atoms with van der Waals surface area (Å²) in [6.45, 7) is 7.01. The van der Waals surface area contributed by atoms with Crippen LogP contribution >= 0.6 is 0 Å². The van der Waals surface area contributed by atoms with Gasteiger partial charge in [-0.2, -0.15) is 0 Å². The van der Waals surface area contributed by atoms with Crippen molar-refractivity contribution in [2.24, 2.45) is 0 Å². The molecule has 1 saturated heterocycles. The van der Waals surface area contributed by atoms with Crippen molar-refractivity contribution in [1.29, 1.82) is 0 Å². The molecule has 17 heavy (non-hydrogen) atoms. The van der Waals surface area contributed by atoms with Gasteiger partial charge in [0.05, 0.1) is 11.1 Å². The number of nitrogens with one attached hydrogen (secondary N) is 2. The van der Waals surface area contributed by atoms with E-state index < -0.39 is 11.1 Å². The first-order chi connectivity index (χ1) is 7.96. The summed E-state index contributed by atoms with van der Waals surface area (Å²) in [5, 5.41) is 16.1. The first kappa shape index (κ1) is 14.5. The Hall–Kier alpha value is -0.610. The third-order valence-corrected chi connectivity index (χ3v) is 3.75. The van der Waals surface area contributed by atoms with Gasteiger partial charge >= 0.3 is 0 Å². The van der Waals surface area contributed by atoms with Crippen LogP contribution in [0, 0.1) is 0 Å². The molecule has 1 aliphatic heterocycles. The molecule has 3 N–H and O–H groups in total. The highest BCUT2D eigenvalue weighted by molar-refractivity contribution is 5.86. The number of carbonyl (C=O) groups excluding carboxylic acids is 1. The van der Waals surface area contributed by atoms with Gasteiger partial charge in [0.1, 0.15) is 0 Å². The zero-order valence-corrected chi connectivity index (χ0v) is 11.3. The summed E-state index contributed by atoms with van der Waals surface area (Å²) in [5.41, 5.74) is -1.19. The molecule has 0 aromatic rings. The highest BCUT2D eigenvalue weighted by Gasteiger charge is 2.40. The second-order valence-electron chi connectivity index (χ2n) is 5.40. The monoisotopic (exact) mass is 242 g/mol. The minimum Gasteiger partial charge on any atom is -0.388 e. The van der Waals surface area contributed by atoms with E-state index in [0.29, 0.717) is 13.0 Å². The van der Waals surface area contributed by atoms with Gasteiger partial charge in [-0.25, -0.2) is 0 Å². The molecule has 100 valence electrons. The van der Waals surface area contributed by atoms with E-state index in [4.69, 9.17) is 0 Å². The lowest BCUT2D eigenvalue weighted by atomic mass is 9.90. The summed E-state index contributed by atoms with van der Waals surface area (Å²) in [6, 6.07) is 0. The highest BCUT2D eigenvalue weighted by Crippen LogP contribution is 2.25. The van der Waals surface area contributed by atoms with Crippen LogP contribution in [0.2, 0.25) is 0 Å². The highest BCUT2D eigenvalue weighted by atomic mass is 16.3. The molecule has 0 aromatic heterocycles. The van der Waals surface area contributed by atoms with Gasteiger partial charge in [-0.3, -0.25) is 4.79 Å². The number of rotatable bonds is 6. The topological polar surface area (TPSA) is 61.4 Å². The van der Waals surface area contributed by atoms with Crippen molar-refractivity contribution in [3.63, 3.8) is 0 Å². The molecule has 2 atom stereocenters. The molecule has 4 nitrogen and oxygen atoms in total. The van der Waals surface area contributed by atoms with E-state index in [-0.39, 0.29) is 5.91 Å². The predicted octanol–water partition coefficient (Wildman–Crippen LogP) is 1.19. The average molecular weight is 242 g/mol. The molecule has 1 fully saturated rings. The van der Waals surface area contributed by atoms with Gasteiger partial charge in [0.25, 0.3) is 0 Å². The molecule has 1 amide bonds. The maximum absolute atomic E-state index is 12.2. The molecule has 0 spiro atoms. The van der Waals surface area contributed by atoms with Crippen molar-refractivity contribution in [3.05, 3.63) is 0 Å². The molecule has 2 unspecified atom stereocenters. The molecular formula is C13H26N2O2. The van der Waals surface area contributed by atoms with Crippen LogP contribution in [0.1, 0.15) is 52.9 Å². The summed E-state index contributed by atoms with van der Waals surface area (Å²) >= 11 is 0. The van der Waals surface area contributed by atoms with Crippen molar-refractivity contribution >= 4 is 5.91 Å². The molecule has 0 radical (unpaired) electrons. The maximum atomic E-state index is 12.2. The summed E-state index contributed by atoms with van der Waals surface area (Å²) in [5.74, 6) is 0.0468. The number of amides is 1. The Balaban J connectivity index is 2.55. The molecule has 0 bridgehead atoms. The number of aliphatic hydroxyl groups is 1. The fourth-order valence-corrected chi connectivity index (χ4v) is 2.32. The first-order valence-corrected chi connectivity index (χ1v) is 6.71. The fraction of sp³-hybridized carbons (Fsp3) is 0.923. The van der Waals surface area contributed by atoms with E-state index in [1.54, 1.807) is 6.92 Å². The molecule has 0 aromatic carbocycles. The van der Waals surface area contributed by atoms with Gasteiger partial charge in [0.15, 0.2) is 0 Å². The van der Waals surface area contributed by atoms with E-state index in [9.17, 15) is 9.90 Å². The summed E-state index contributed by atoms with van der Waals surface area (Å²) < 4.78 is 0. The first-order valence-electron chi connectivity index (χ1n) is 6.71. The maximum Gasteiger partial charge on any atom is 0.240 e. The Labute approximate surface area is 104 Å². The van der Waals surface area contributed by atoms with Crippen LogP contribution in [-0.4, -0.2) is 35.2 Å². The van der Waals surface area contributed by atoms with E-state index in [0.717, 1.165) is 32.2 Å². The van der Waals surface area contributed by atoms with Gasteiger partial charge in [0.2, 0.25) is 5.91 Å². The quantitative estimate of drug-likeness (QED) is 0.655. The van der Waals surface area contributed by atoms with Crippen molar-refractivity contribution in [2.75, 3.05) is 13.1 Å². The molecule has 1 aliphatic rings. The van der Waals surface area contributed by atoms with E-state index in [1.807, 2.05) is 6.92 Å². The van der Waals surface area contributed by atoms with Gasteiger partial charge in [-0.15, -0.1) is 0 Å². The average Bonchev–Trinajstić information content (AvgIpc) is 2.76. The summed E-state index contributed by atoms with van der Waals surface area (Å²) in [6.07, 6.45) is 4.46. The number of hydrogen-bond acceptors (Lipinski definition) is 3. The molecule has 0 aliphatic carbocycles. The van der Waals surface area contributed by atoms with Crippen molar-refractivity contribution in [3.8, 4) is 0 Å². The Morgan fingerprint density at radius 2 is 2.24 bits per heavy atom. The fourth-order valence-electron chi connectivity index (χ4n) is 2.32. The van der Waals surface area contributed by atoms with Crippen LogP contribution in [0.3, 0.4) is 0 Å². The second kappa shape index (κ2) is 5.83. The van der Waals surface area contributed by atoms with Crippen molar-refractivity contribution in [2.45, 2.75) is 64.0 Å². The molecular weight excluding hydrogens is 216 g/mol. The third-order valence-electron chi connectivity index (χ3n) is 3.75. The van der Waals surface area contributed by atoms with Gasteiger partial charge in [-0.05, 0) is 39.2 Å². The van der Waals surface area contributed by atoms with Crippen LogP contribution in [0.15, 0.2) is 0 Å². The lowest BCUT2D eigenvalue weighted by Gasteiger charge is -2.30. The Bertz CT molecular complexity index is 258. The predicted molar refractivity (Wildman–Crippen MR) is 68.8 cm³/mol. The van der Waals surface area contributed by atoms with Crippen LogP contribution in [0.25, 0.3) is 0 Å². The second-order valence-corrected chi connectivity index (χ2v) is 5.40. The molecule has 1 rings (SSSR count). The SMILES string of the molecule is CCCC1(C(=O)NCC(C)(O)CC)CCCN1. The van der Waals surface area contributed by atoms with Crippen LogP contribution in [0.5, 0.6) is 0 Å². The lowest BCUT2D eigenvalue weighted by molar-refractivity contribution is -0.128. The minimum absolute atomic E-state index is 0.0468. The molecule has 0 saturated carbocycles. The number of carbonyl (C=O) groups is 1. The van der Waals surface area contributed by atoms with E-state index >= 15 is 0 Å². The van der Waals surface area contributed by atoms with E-state index in [2.05, 4.69) is 17.6 Å². The zero-order chi connectivity index (χ0) is 12.9. The molecule has 4 heteroatoms. The zero-order valence-electron chi connectivity index (χ0n) is 11.3. The van der Waals surface area contributed by atoms with Crippen LogP contribution < -0.4 is 10.6 Å². The minimum atomic E-state index is -0.804. The van der Waals surface area contributed by atoms with Gasteiger partial charge < -0.3 is 15.7 Å². The summed E-state index contributed by atoms with van der Waals surface area (Å²) in [4.78, 5) is 12.2. The smallest absolute Gasteiger partial charge is 0.240 e. The Morgan fingerprint density at radius 1 is 1.53 bits per heavy atom. The van der Waals surface area contributed by atoms with Gasteiger partial charge in [0, 0.05) is 6.54 Å². The number of hydrogen-bond donors (Lipinski definition) is 3. The standard InChI is InChI=1S/C13H26N2O2/c1-4-7-13(8-6-9-15-13)11(16)14-10-12(3,17)5-2/h15,17H,4-10H2,1-3H3,(H,14,16). The summed E-state index contributed by atoms with van der Waals surface area (Å²) in [7, 11) is 0. The van der Waals surface area contributed by atoms with Crippen LogP contribution in [0.4, 0.5) is 0 Å². The lowest BCUT2D eigenvalue weighted by Crippen LogP contribution is -2.55. The molecule has 1 heterocycles. The largest absolute Gasteiger partial charge is 0.388 e. The van der Waals surface area contributed by atoms with Crippen molar-refractivity contribution < 1.29 is 9.90 Å². The Morgan fingerprint density at radius 3 is 2.71 bits per heavy atom. The Kier molecular flexibility index (Phi) is 4.95. The third kappa shape index (κ3) is 3.68.